The lowest BCUT2D eigenvalue weighted by Gasteiger charge is -2.15. The Kier molecular flexibility index (Phi) is 4.27. The van der Waals surface area contributed by atoms with E-state index in [2.05, 4.69) is 26.8 Å². The van der Waals surface area contributed by atoms with Crippen molar-refractivity contribution in [2.75, 3.05) is 13.6 Å². The number of hydrogen-bond donors (Lipinski definition) is 2. The highest BCUT2D eigenvalue weighted by atomic mass is 16.5. The zero-order valence-corrected chi connectivity index (χ0v) is 12.9. The van der Waals surface area contributed by atoms with Crippen molar-refractivity contribution in [3.05, 3.63) is 47.8 Å². The predicted octanol–water partition coefficient (Wildman–Crippen LogP) is 1.09. The minimum Gasteiger partial charge on any atom is -0.488 e. The summed E-state index contributed by atoms with van der Waals surface area (Å²) in [4.78, 5) is 4.23. The molecule has 22 heavy (non-hydrogen) atoms. The molecule has 1 aromatic carbocycles. The smallest absolute Gasteiger partial charge is 0.191 e. The monoisotopic (exact) mass is 299 g/mol. The van der Waals surface area contributed by atoms with Crippen LogP contribution in [-0.4, -0.2) is 35.4 Å². The zero-order valence-electron chi connectivity index (χ0n) is 12.9. The highest BCUT2D eigenvalue weighted by Crippen LogP contribution is 2.27. The summed E-state index contributed by atoms with van der Waals surface area (Å²) in [6.07, 6.45) is 4.91. The minimum atomic E-state index is 0.148. The number of ether oxygens (including phenoxy) is 1. The normalized spacial score (nSPS) is 17.0. The molecular weight excluding hydrogens is 278 g/mol. The van der Waals surface area contributed by atoms with Gasteiger partial charge >= 0.3 is 0 Å². The number of hydrogen-bond acceptors (Lipinski definition) is 3. The summed E-state index contributed by atoms with van der Waals surface area (Å²) >= 11 is 0. The first-order chi connectivity index (χ1) is 10.7. The summed E-state index contributed by atoms with van der Waals surface area (Å²) in [5.41, 5.74) is 2.39. The Hall–Kier alpha value is -2.50. The molecule has 6 heteroatoms. The summed E-state index contributed by atoms with van der Waals surface area (Å²) < 4.78 is 7.70. The third kappa shape index (κ3) is 3.39. The Morgan fingerprint density at radius 1 is 1.41 bits per heavy atom. The molecule has 0 fully saturated rings. The van der Waals surface area contributed by atoms with Gasteiger partial charge in [0.2, 0.25) is 0 Å². The molecule has 0 spiro atoms. The lowest BCUT2D eigenvalue weighted by molar-refractivity contribution is 0.235. The highest BCUT2D eigenvalue weighted by Gasteiger charge is 2.22. The second kappa shape index (κ2) is 6.51. The molecule has 0 saturated carbocycles. The molecule has 2 heterocycles. The van der Waals surface area contributed by atoms with Crippen LogP contribution in [0.4, 0.5) is 0 Å². The van der Waals surface area contributed by atoms with Crippen LogP contribution in [0.1, 0.15) is 11.1 Å². The lowest BCUT2D eigenvalue weighted by atomic mass is 10.1. The first-order valence-electron chi connectivity index (χ1n) is 7.41. The molecule has 0 aliphatic carbocycles. The number of nitrogens with one attached hydrogen (secondary N) is 2. The number of guanidine groups is 1. The van der Waals surface area contributed by atoms with Crippen molar-refractivity contribution < 1.29 is 4.74 Å². The van der Waals surface area contributed by atoms with Gasteiger partial charge in [0.15, 0.2) is 5.96 Å². The van der Waals surface area contributed by atoms with Gasteiger partial charge in [0.05, 0.1) is 12.7 Å². The molecule has 2 N–H and O–H groups in total. The van der Waals surface area contributed by atoms with Crippen LogP contribution in [0, 0.1) is 0 Å². The van der Waals surface area contributed by atoms with Gasteiger partial charge in [0, 0.05) is 38.8 Å². The van der Waals surface area contributed by atoms with E-state index in [0.717, 1.165) is 30.2 Å². The fourth-order valence-electron chi connectivity index (χ4n) is 2.55. The molecule has 0 saturated heterocycles. The molecule has 1 unspecified atom stereocenters. The number of aryl methyl sites for hydroxylation is 1. The van der Waals surface area contributed by atoms with Crippen molar-refractivity contribution in [1.82, 2.24) is 20.4 Å². The Labute approximate surface area is 130 Å². The van der Waals surface area contributed by atoms with E-state index in [4.69, 9.17) is 4.74 Å². The van der Waals surface area contributed by atoms with Gasteiger partial charge in [-0.25, -0.2) is 0 Å². The van der Waals surface area contributed by atoms with E-state index >= 15 is 0 Å². The molecule has 1 atom stereocenters. The molecule has 0 radical (unpaired) electrons. The van der Waals surface area contributed by atoms with E-state index in [9.17, 15) is 0 Å². The number of benzene rings is 1. The predicted molar refractivity (Wildman–Crippen MR) is 86.0 cm³/mol. The number of fused-ring (bicyclic) bond motifs is 1. The van der Waals surface area contributed by atoms with Crippen molar-refractivity contribution in [2.24, 2.45) is 12.0 Å². The van der Waals surface area contributed by atoms with Crippen LogP contribution >= 0.6 is 0 Å². The van der Waals surface area contributed by atoms with E-state index < -0.39 is 0 Å². The standard InChI is InChI=1S/C16H21N5O/c1-17-16(18-8-12-9-20-21(2)11-12)19-10-14-7-13-5-3-4-6-15(13)22-14/h3-6,9,11,14H,7-8,10H2,1-2H3,(H2,17,18,19). The van der Waals surface area contributed by atoms with E-state index in [1.807, 2.05) is 37.6 Å². The third-order valence-electron chi connectivity index (χ3n) is 3.65. The zero-order chi connectivity index (χ0) is 15.4. The average Bonchev–Trinajstić information content (AvgIpc) is 3.13. The van der Waals surface area contributed by atoms with Crippen molar-refractivity contribution >= 4 is 5.96 Å². The van der Waals surface area contributed by atoms with Gasteiger partial charge in [-0.2, -0.15) is 5.10 Å². The highest BCUT2D eigenvalue weighted by molar-refractivity contribution is 5.79. The van der Waals surface area contributed by atoms with Crippen LogP contribution in [-0.2, 0) is 20.0 Å². The minimum absolute atomic E-state index is 0.148. The molecule has 116 valence electrons. The second-order valence-electron chi connectivity index (χ2n) is 5.38. The van der Waals surface area contributed by atoms with Crippen LogP contribution in [0.15, 0.2) is 41.7 Å². The van der Waals surface area contributed by atoms with Gasteiger partial charge in [-0.3, -0.25) is 9.67 Å². The topological polar surface area (TPSA) is 63.5 Å². The quantitative estimate of drug-likeness (QED) is 0.655. The summed E-state index contributed by atoms with van der Waals surface area (Å²) in [6, 6.07) is 8.19. The average molecular weight is 299 g/mol. The fraction of sp³-hybridized carbons (Fsp3) is 0.375. The number of rotatable bonds is 4. The molecule has 1 aliphatic rings. The maximum Gasteiger partial charge on any atom is 0.191 e. The fourth-order valence-corrected chi connectivity index (χ4v) is 2.55. The SMILES string of the molecule is CN=C(NCc1cnn(C)c1)NCC1Cc2ccccc2O1. The van der Waals surface area contributed by atoms with Crippen LogP contribution in [0.3, 0.4) is 0 Å². The molecule has 0 amide bonds. The number of nitrogens with zero attached hydrogens (tertiary/aromatic N) is 3. The van der Waals surface area contributed by atoms with Gasteiger partial charge in [-0.05, 0) is 11.6 Å². The Morgan fingerprint density at radius 2 is 2.27 bits per heavy atom. The van der Waals surface area contributed by atoms with Crippen LogP contribution in [0.5, 0.6) is 5.75 Å². The van der Waals surface area contributed by atoms with Crippen molar-refractivity contribution in [1.29, 1.82) is 0 Å². The number of aromatic nitrogens is 2. The van der Waals surface area contributed by atoms with Gasteiger partial charge in [-0.15, -0.1) is 0 Å². The summed E-state index contributed by atoms with van der Waals surface area (Å²) in [6.45, 7) is 1.42. The Bertz CT molecular complexity index is 639. The van der Waals surface area contributed by atoms with Crippen LogP contribution < -0.4 is 15.4 Å². The van der Waals surface area contributed by atoms with E-state index in [1.54, 1.807) is 11.7 Å². The molecule has 6 nitrogen and oxygen atoms in total. The van der Waals surface area contributed by atoms with Crippen LogP contribution in [0.25, 0.3) is 0 Å². The third-order valence-corrected chi connectivity index (χ3v) is 3.65. The molecule has 0 bridgehead atoms. The van der Waals surface area contributed by atoms with Gasteiger partial charge in [-0.1, -0.05) is 18.2 Å². The van der Waals surface area contributed by atoms with Crippen molar-refractivity contribution in [2.45, 2.75) is 19.1 Å². The molecular formula is C16H21N5O. The summed E-state index contributed by atoms with van der Waals surface area (Å²) in [7, 11) is 3.68. The van der Waals surface area contributed by atoms with E-state index in [1.165, 1.54) is 5.56 Å². The van der Waals surface area contributed by atoms with Gasteiger partial charge in [0.1, 0.15) is 11.9 Å². The van der Waals surface area contributed by atoms with Crippen molar-refractivity contribution in [3.8, 4) is 5.75 Å². The van der Waals surface area contributed by atoms with Crippen molar-refractivity contribution in [3.63, 3.8) is 0 Å². The number of para-hydroxylation sites is 1. The Morgan fingerprint density at radius 3 is 3.00 bits per heavy atom. The van der Waals surface area contributed by atoms with Gasteiger partial charge < -0.3 is 15.4 Å². The number of aliphatic imine (C=N–C) groups is 1. The molecule has 3 rings (SSSR count). The molecule has 2 aromatic rings. The van der Waals surface area contributed by atoms with E-state index in [-0.39, 0.29) is 6.10 Å². The first kappa shape index (κ1) is 14.4. The lowest BCUT2D eigenvalue weighted by Crippen LogP contribution is -2.41. The van der Waals surface area contributed by atoms with Crippen LogP contribution in [0.2, 0.25) is 0 Å². The molecule has 1 aromatic heterocycles. The maximum atomic E-state index is 5.91. The summed E-state index contributed by atoms with van der Waals surface area (Å²) in [5.74, 6) is 1.76. The first-order valence-corrected chi connectivity index (χ1v) is 7.41. The maximum absolute atomic E-state index is 5.91. The van der Waals surface area contributed by atoms with E-state index in [0.29, 0.717) is 6.54 Å². The Balaban J connectivity index is 1.46. The van der Waals surface area contributed by atoms with Gasteiger partial charge in [0.25, 0.3) is 0 Å². The second-order valence-corrected chi connectivity index (χ2v) is 5.38. The summed E-state index contributed by atoms with van der Waals surface area (Å²) in [5, 5.41) is 10.7. The largest absolute Gasteiger partial charge is 0.488 e. The molecule has 1 aliphatic heterocycles.